The van der Waals surface area contributed by atoms with Crippen molar-refractivity contribution < 1.29 is 4.42 Å². The number of hydrogen-bond donors (Lipinski definition) is 2. The van der Waals surface area contributed by atoms with E-state index < -0.39 is 0 Å². The Kier molecular flexibility index (Phi) is 7.02. The van der Waals surface area contributed by atoms with Crippen molar-refractivity contribution in [2.75, 3.05) is 18.4 Å². The Morgan fingerprint density at radius 1 is 1.03 bits per heavy atom. The molecule has 4 aromatic rings. The van der Waals surface area contributed by atoms with Gasteiger partial charge in [-0.1, -0.05) is 48.0 Å². The molecule has 0 saturated carbocycles. The van der Waals surface area contributed by atoms with Crippen LogP contribution in [0, 0.1) is 6.92 Å². The number of furan rings is 1. The Balaban J connectivity index is 1.40. The third-order valence-corrected chi connectivity index (χ3v) is 7.09. The van der Waals surface area contributed by atoms with Gasteiger partial charge in [0.25, 0.3) is 0 Å². The van der Waals surface area contributed by atoms with Crippen LogP contribution in [0.4, 0.5) is 5.69 Å². The fourth-order valence-corrected chi connectivity index (χ4v) is 5.03. The Morgan fingerprint density at radius 3 is 2.66 bits per heavy atom. The average Bonchev–Trinajstić information content (AvgIpc) is 3.49. The zero-order chi connectivity index (χ0) is 24.2. The lowest BCUT2D eigenvalue weighted by atomic mass is 10.0. The first kappa shape index (κ1) is 23.4. The molecule has 7 heteroatoms. The Hall–Kier alpha value is -3.35. The predicted molar refractivity (Wildman–Crippen MR) is 146 cm³/mol. The molecule has 0 radical (unpaired) electrons. The van der Waals surface area contributed by atoms with Crippen molar-refractivity contribution in [2.24, 2.45) is 0 Å². The molecule has 0 aliphatic carbocycles. The number of pyridine rings is 1. The molecule has 0 spiro atoms. The summed E-state index contributed by atoms with van der Waals surface area (Å²) < 4.78 is 6.45. The summed E-state index contributed by atoms with van der Waals surface area (Å²) in [5.74, 6) is 1.64. The van der Waals surface area contributed by atoms with Gasteiger partial charge in [-0.2, -0.15) is 0 Å². The van der Waals surface area contributed by atoms with Gasteiger partial charge in [0.2, 0.25) is 0 Å². The highest BCUT2D eigenvalue weighted by Crippen LogP contribution is 2.41. The number of aromatic nitrogens is 1. The minimum atomic E-state index is -0.109. The van der Waals surface area contributed by atoms with Gasteiger partial charge in [0.05, 0.1) is 11.7 Å². The maximum atomic E-state index is 6.45. The second-order valence-electron chi connectivity index (χ2n) is 8.58. The van der Waals surface area contributed by atoms with E-state index in [1.54, 1.807) is 0 Å². The largest absolute Gasteiger partial charge is 0.459 e. The van der Waals surface area contributed by atoms with E-state index in [1.165, 1.54) is 0 Å². The fraction of sp³-hybridized carbons (Fsp3) is 0.214. The van der Waals surface area contributed by atoms with Crippen molar-refractivity contribution in [2.45, 2.75) is 25.4 Å². The molecule has 5 rings (SSSR count). The van der Waals surface area contributed by atoms with Gasteiger partial charge in [-0.25, -0.2) is 0 Å². The second kappa shape index (κ2) is 10.5. The Morgan fingerprint density at radius 2 is 1.86 bits per heavy atom. The molecule has 1 fully saturated rings. The van der Waals surface area contributed by atoms with E-state index in [0.29, 0.717) is 5.11 Å². The maximum absolute atomic E-state index is 6.45. The number of hydrogen-bond acceptors (Lipinski definition) is 4. The highest BCUT2D eigenvalue weighted by atomic mass is 35.5. The van der Waals surface area contributed by atoms with Crippen molar-refractivity contribution in [1.29, 1.82) is 0 Å². The number of rotatable bonds is 8. The molecule has 2 aromatic heterocycles. The standard InChI is InChI=1S/C28H27ClN4OS/c1-19-21(11-7-12-22(19)29)24-14-15-25(34-24)27-26(23-13-5-6-16-31-23)32-28(35)33(27)18-8-17-30-20-9-3-2-4-10-20/h2-7,9-16,26-27,30H,8,17-18H2,1H3,(H,32,35)/t26-,27+/m0/s1. The van der Waals surface area contributed by atoms with Gasteiger partial charge in [0.15, 0.2) is 5.11 Å². The molecule has 3 heterocycles. The maximum Gasteiger partial charge on any atom is 0.170 e. The van der Waals surface area contributed by atoms with Crippen molar-refractivity contribution in [3.63, 3.8) is 0 Å². The number of halogens is 1. The molecule has 1 aliphatic heterocycles. The van der Waals surface area contributed by atoms with Crippen LogP contribution >= 0.6 is 23.8 Å². The molecule has 178 valence electrons. The fourth-order valence-electron chi connectivity index (χ4n) is 4.52. The highest BCUT2D eigenvalue weighted by Gasteiger charge is 2.41. The van der Waals surface area contributed by atoms with Crippen LogP contribution in [0.5, 0.6) is 0 Å². The topological polar surface area (TPSA) is 53.3 Å². The summed E-state index contributed by atoms with van der Waals surface area (Å²) in [7, 11) is 0. The predicted octanol–water partition coefficient (Wildman–Crippen LogP) is 6.78. The quantitative estimate of drug-likeness (QED) is 0.204. The zero-order valence-corrected chi connectivity index (χ0v) is 21.0. The van der Waals surface area contributed by atoms with E-state index in [0.717, 1.165) is 58.6 Å². The van der Waals surface area contributed by atoms with Crippen LogP contribution in [0.1, 0.15) is 35.5 Å². The van der Waals surface area contributed by atoms with E-state index >= 15 is 0 Å². The Labute approximate surface area is 216 Å². The molecule has 1 saturated heterocycles. The van der Waals surface area contributed by atoms with Crippen LogP contribution in [0.15, 0.2) is 89.5 Å². The van der Waals surface area contributed by atoms with E-state index in [-0.39, 0.29) is 12.1 Å². The van der Waals surface area contributed by atoms with Gasteiger partial charge in [0, 0.05) is 35.6 Å². The van der Waals surface area contributed by atoms with E-state index in [9.17, 15) is 0 Å². The summed E-state index contributed by atoms with van der Waals surface area (Å²) in [6, 6.07) is 25.9. The number of anilines is 1. The van der Waals surface area contributed by atoms with Crippen LogP contribution < -0.4 is 10.6 Å². The molecule has 0 unspecified atom stereocenters. The summed E-state index contributed by atoms with van der Waals surface area (Å²) in [4.78, 5) is 6.83. The van der Waals surface area contributed by atoms with Gasteiger partial charge in [-0.15, -0.1) is 0 Å². The van der Waals surface area contributed by atoms with Gasteiger partial charge >= 0.3 is 0 Å². The molecule has 0 bridgehead atoms. The molecule has 2 atom stereocenters. The number of nitrogens with zero attached hydrogens (tertiary/aromatic N) is 2. The summed E-state index contributed by atoms with van der Waals surface area (Å²) in [5.41, 5.74) is 4.04. The van der Waals surface area contributed by atoms with Crippen molar-refractivity contribution in [3.05, 3.63) is 107 Å². The van der Waals surface area contributed by atoms with E-state index in [1.807, 2.05) is 79.9 Å². The molecule has 5 nitrogen and oxygen atoms in total. The number of para-hydroxylation sites is 1. The van der Waals surface area contributed by atoms with Crippen LogP contribution in [0.3, 0.4) is 0 Å². The second-order valence-corrected chi connectivity index (χ2v) is 9.37. The third-order valence-electron chi connectivity index (χ3n) is 6.33. The van der Waals surface area contributed by atoms with Gasteiger partial charge in [-0.3, -0.25) is 4.98 Å². The Bertz CT molecular complexity index is 1290. The number of nitrogens with one attached hydrogen (secondary N) is 2. The number of thiocarbonyl (C=S) groups is 1. The van der Waals surface area contributed by atoms with Gasteiger partial charge in [-0.05, 0) is 73.6 Å². The minimum Gasteiger partial charge on any atom is -0.459 e. The lowest BCUT2D eigenvalue weighted by molar-refractivity contribution is 0.274. The van der Waals surface area contributed by atoms with Crippen LogP contribution in [-0.4, -0.2) is 28.1 Å². The first-order valence-corrected chi connectivity index (χ1v) is 12.5. The number of benzene rings is 2. The molecular weight excluding hydrogens is 476 g/mol. The van der Waals surface area contributed by atoms with Crippen LogP contribution in [-0.2, 0) is 0 Å². The average molecular weight is 503 g/mol. The molecule has 2 aromatic carbocycles. The molecular formula is C28H27ClN4OS. The van der Waals surface area contributed by atoms with Crippen molar-refractivity contribution in [1.82, 2.24) is 15.2 Å². The lowest BCUT2D eigenvalue weighted by Crippen LogP contribution is -2.31. The molecule has 1 aliphatic rings. The molecule has 35 heavy (non-hydrogen) atoms. The third kappa shape index (κ3) is 5.04. The monoisotopic (exact) mass is 502 g/mol. The van der Waals surface area contributed by atoms with Crippen LogP contribution in [0.25, 0.3) is 11.3 Å². The molecule has 0 amide bonds. The summed E-state index contributed by atoms with van der Waals surface area (Å²) in [6.45, 7) is 3.63. The van der Waals surface area contributed by atoms with Gasteiger partial charge < -0.3 is 20.0 Å². The van der Waals surface area contributed by atoms with E-state index in [4.69, 9.17) is 28.2 Å². The van der Waals surface area contributed by atoms with Crippen LogP contribution in [0.2, 0.25) is 5.02 Å². The smallest absolute Gasteiger partial charge is 0.170 e. The summed E-state index contributed by atoms with van der Waals surface area (Å²) in [6.07, 6.45) is 2.73. The zero-order valence-electron chi connectivity index (χ0n) is 19.4. The summed E-state index contributed by atoms with van der Waals surface area (Å²) >= 11 is 12.2. The first-order chi connectivity index (χ1) is 17.1. The minimum absolute atomic E-state index is 0.106. The van der Waals surface area contributed by atoms with Crippen molar-refractivity contribution >= 4 is 34.6 Å². The van der Waals surface area contributed by atoms with Gasteiger partial charge in [0.1, 0.15) is 17.6 Å². The lowest BCUT2D eigenvalue weighted by Gasteiger charge is -2.26. The van der Waals surface area contributed by atoms with E-state index in [2.05, 4.69) is 32.7 Å². The normalized spacial score (nSPS) is 17.4. The SMILES string of the molecule is Cc1c(Cl)cccc1-c1ccc([C@@H]2[C@H](c3ccccn3)NC(=S)N2CCCNc2ccccc2)o1. The first-order valence-electron chi connectivity index (χ1n) is 11.7. The highest BCUT2D eigenvalue weighted by molar-refractivity contribution is 7.80. The molecule has 2 N–H and O–H groups in total. The van der Waals surface area contributed by atoms with Crippen molar-refractivity contribution in [3.8, 4) is 11.3 Å². The summed E-state index contributed by atoms with van der Waals surface area (Å²) in [5, 5.41) is 8.41.